The Morgan fingerprint density at radius 1 is 1.27 bits per heavy atom. The first-order valence-corrected chi connectivity index (χ1v) is 7.36. The van der Waals surface area contributed by atoms with Crippen LogP contribution >= 0.6 is 12.4 Å². The van der Waals surface area contributed by atoms with E-state index >= 15 is 0 Å². The van der Waals surface area contributed by atoms with Gasteiger partial charge in [0.2, 0.25) is 0 Å². The molecule has 5 nitrogen and oxygen atoms in total. The average Bonchev–Trinajstić information content (AvgIpc) is 2.53. The van der Waals surface area contributed by atoms with Gasteiger partial charge >= 0.3 is 0 Å². The summed E-state index contributed by atoms with van der Waals surface area (Å²) < 4.78 is 10.6. The lowest BCUT2D eigenvalue weighted by Gasteiger charge is -2.35. The third-order valence-corrected chi connectivity index (χ3v) is 4.12. The fourth-order valence-corrected chi connectivity index (χ4v) is 2.88. The molecular formula is C16H25ClN2O3. The topological polar surface area (TPSA) is 64.8 Å². The molecule has 2 N–H and O–H groups in total. The zero-order valence-corrected chi connectivity index (χ0v) is 14.2. The molecule has 1 unspecified atom stereocenters. The van der Waals surface area contributed by atoms with Gasteiger partial charge in [0.05, 0.1) is 14.2 Å². The lowest BCUT2D eigenvalue weighted by molar-refractivity contribution is 0.0622. The Morgan fingerprint density at radius 2 is 1.91 bits per heavy atom. The third kappa shape index (κ3) is 3.65. The normalized spacial score (nSPS) is 17.6. The van der Waals surface area contributed by atoms with Gasteiger partial charge in [0, 0.05) is 24.7 Å². The van der Waals surface area contributed by atoms with Crippen molar-refractivity contribution in [1.29, 1.82) is 0 Å². The number of piperidine rings is 1. The Balaban J connectivity index is 0.00000242. The quantitative estimate of drug-likeness (QED) is 0.921. The summed E-state index contributed by atoms with van der Waals surface area (Å²) in [5, 5.41) is 0. The molecule has 1 aliphatic heterocycles. The summed E-state index contributed by atoms with van der Waals surface area (Å²) in [7, 11) is 3.17. The van der Waals surface area contributed by atoms with Crippen LogP contribution < -0.4 is 15.2 Å². The summed E-state index contributed by atoms with van der Waals surface area (Å²) in [5.41, 5.74) is 7.36. The van der Waals surface area contributed by atoms with Crippen LogP contribution in [0.4, 0.5) is 0 Å². The molecule has 0 saturated carbocycles. The van der Waals surface area contributed by atoms with Crippen LogP contribution in [0.15, 0.2) is 12.1 Å². The Hall–Kier alpha value is -1.46. The maximum absolute atomic E-state index is 12.8. The first-order chi connectivity index (χ1) is 10.1. The van der Waals surface area contributed by atoms with Crippen LogP contribution in [-0.2, 0) is 0 Å². The van der Waals surface area contributed by atoms with E-state index in [1.54, 1.807) is 20.3 Å². The maximum Gasteiger partial charge on any atom is 0.254 e. The second-order valence-corrected chi connectivity index (χ2v) is 5.41. The van der Waals surface area contributed by atoms with E-state index < -0.39 is 0 Å². The van der Waals surface area contributed by atoms with Gasteiger partial charge in [0.1, 0.15) is 0 Å². The van der Waals surface area contributed by atoms with Crippen molar-refractivity contribution >= 4 is 18.3 Å². The standard InChI is InChI=1S/C16H24N2O3.ClH/c1-11-8-14(20-2)15(21-3)9-13(11)16(19)18-7-5-4-6-12(18)10-17;/h8-9,12H,4-7,10,17H2,1-3H3;1H. The largest absolute Gasteiger partial charge is 0.493 e. The lowest BCUT2D eigenvalue weighted by atomic mass is 9.99. The van der Waals surface area contributed by atoms with Gasteiger partial charge in [-0.2, -0.15) is 0 Å². The molecule has 1 amide bonds. The van der Waals surface area contributed by atoms with Gasteiger partial charge in [-0.15, -0.1) is 12.4 Å². The molecule has 22 heavy (non-hydrogen) atoms. The molecule has 6 heteroatoms. The molecule has 0 aliphatic carbocycles. The second kappa shape index (κ2) is 8.25. The maximum atomic E-state index is 12.8. The number of carbonyl (C=O) groups excluding carboxylic acids is 1. The van der Waals surface area contributed by atoms with Crippen molar-refractivity contribution in [2.75, 3.05) is 27.3 Å². The highest BCUT2D eigenvalue weighted by molar-refractivity contribution is 5.96. The Morgan fingerprint density at radius 3 is 2.50 bits per heavy atom. The van der Waals surface area contributed by atoms with Gasteiger partial charge in [-0.3, -0.25) is 4.79 Å². The number of ether oxygens (including phenoxy) is 2. The molecule has 1 atom stereocenters. The SMILES string of the molecule is COc1cc(C)c(C(=O)N2CCCCC2CN)cc1OC.Cl. The van der Waals surface area contributed by atoms with Crippen molar-refractivity contribution in [1.82, 2.24) is 4.90 Å². The van der Waals surface area contributed by atoms with E-state index in [0.717, 1.165) is 31.4 Å². The fraction of sp³-hybridized carbons (Fsp3) is 0.562. The molecule has 0 radical (unpaired) electrons. The number of hydrogen-bond donors (Lipinski definition) is 1. The molecule has 0 aromatic heterocycles. The number of halogens is 1. The van der Waals surface area contributed by atoms with E-state index in [1.807, 2.05) is 17.9 Å². The molecule has 2 rings (SSSR count). The van der Waals surface area contributed by atoms with Crippen molar-refractivity contribution in [3.8, 4) is 11.5 Å². The highest BCUT2D eigenvalue weighted by Crippen LogP contribution is 2.31. The highest BCUT2D eigenvalue weighted by Gasteiger charge is 2.28. The predicted octanol–water partition coefficient (Wildman–Crippen LogP) is 2.39. The summed E-state index contributed by atoms with van der Waals surface area (Å²) in [4.78, 5) is 14.7. The van der Waals surface area contributed by atoms with Gasteiger partial charge < -0.3 is 20.1 Å². The molecule has 0 spiro atoms. The van der Waals surface area contributed by atoms with Crippen molar-refractivity contribution in [2.24, 2.45) is 5.73 Å². The monoisotopic (exact) mass is 328 g/mol. The molecule has 1 heterocycles. The molecule has 0 bridgehead atoms. The van der Waals surface area contributed by atoms with Gasteiger partial charge in [-0.25, -0.2) is 0 Å². The minimum absolute atomic E-state index is 0. The first-order valence-electron chi connectivity index (χ1n) is 7.36. The van der Waals surface area contributed by atoms with Gasteiger partial charge in [0.15, 0.2) is 11.5 Å². The van der Waals surface area contributed by atoms with Crippen molar-refractivity contribution < 1.29 is 14.3 Å². The molecule has 1 aromatic rings. The molecule has 1 fully saturated rings. The Labute approximate surface area is 138 Å². The molecule has 1 aromatic carbocycles. The van der Waals surface area contributed by atoms with Gasteiger partial charge in [0.25, 0.3) is 5.91 Å². The number of hydrogen-bond acceptors (Lipinski definition) is 4. The van der Waals surface area contributed by atoms with Crippen molar-refractivity contribution in [2.45, 2.75) is 32.2 Å². The van der Waals surface area contributed by atoms with Crippen LogP contribution in [0.25, 0.3) is 0 Å². The number of carbonyl (C=O) groups is 1. The Kier molecular flexibility index (Phi) is 6.97. The molecule has 124 valence electrons. The zero-order valence-electron chi connectivity index (χ0n) is 13.4. The average molecular weight is 329 g/mol. The number of methoxy groups -OCH3 is 2. The fourth-order valence-electron chi connectivity index (χ4n) is 2.88. The lowest BCUT2D eigenvalue weighted by Crippen LogP contribution is -2.47. The van der Waals surface area contributed by atoms with Crippen LogP contribution in [0.5, 0.6) is 11.5 Å². The number of nitrogens with two attached hydrogens (primary N) is 1. The van der Waals surface area contributed by atoms with E-state index in [1.165, 1.54) is 0 Å². The van der Waals surface area contributed by atoms with Crippen LogP contribution in [-0.4, -0.2) is 44.2 Å². The summed E-state index contributed by atoms with van der Waals surface area (Å²) in [5.74, 6) is 1.25. The van der Waals surface area contributed by atoms with E-state index in [0.29, 0.717) is 23.6 Å². The molecule has 1 saturated heterocycles. The highest BCUT2D eigenvalue weighted by atomic mass is 35.5. The minimum Gasteiger partial charge on any atom is -0.493 e. The smallest absolute Gasteiger partial charge is 0.254 e. The van der Waals surface area contributed by atoms with E-state index in [4.69, 9.17) is 15.2 Å². The zero-order chi connectivity index (χ0) is 15.4. The van der Waals surface area contributed by atoms with Crippen molar-refractivity contribution in [3.63, 3.8) is 0 Å². The van der Waals surface area contributed by atoms with Crippen molar-refractivity contribution in [3.05, 3.63) is 23.3 Å². The predicted molar refractivity (Wildman–Crippen MR) is 89.3 cm³/mol. The summed E-state index contributed by atoms with van der Waals surface area (Å²) in [6.07, 6.45) is 3.15. The van der Waals surface area contributed by atoms with E-state index in [9.17, 15) is 4.79 Å². The van der Waals surface area contributed by atoms with Gasteiger partial charge in [-0.05, 0) is 43.9 Å². The van der Waals surface area contributed by atoms with Crippen LogP contribution in [0, 0.1) is 6.92 Å². The number of likely N-dealkylation sites (tertiary alicyclic amines) is 1. The van der Waals surface area contributed by atoms with E-state index in [-0.39, 0.29) is 24.4 Å². The molecular weight excluding hydrogens is 304 g/mol. The summed E-state index contributed by atoms with van der Waals surface area (Å²) in [6, 6.07) is 3.74. The second-order valence-electron chi connectivity index (χ2n) is 5.41. The van der Waals surface area contributed by atoms with Gasteiger partial charge in [-0.1, -0.05) is 0 Å². The van der Waals surface area contributed by atoms with Crippen LogP contribution in [0.3, 0.4) is 0 Å². The number of amides is 1. The summed E-state index contributed by atoms with van der Waals surface area (Å²) in [6.45, 7) is 3.20. The number of rotatable bonds is 4. The minimum atomic E-state index is 0. The third-order valence-electron chi connectivity index (χ3n) is 4.12. The van der Waals surface area contributed by atoms with E-state index in [2.05, 4.69) is 0 Å². The number of aryl methyl sites for hydroxylation is 1. The summed E-state index contributed by atoms with van der Waals surface area (Å²) >= 11 is 0. The first kappa shape index (κ1) is 18.6. The van der Waals surface area contributed by atoms with Crippen LogP contribution in [0.2, 0.25) is 0 Å². The number of benzene rings is 1. The van der Waals surface area contributed by atoms with Crippen LogP contribution in [0.1, 0.15) is 35.2 Å². The number of nitrogens with zero attached hydrogens (tertiary/aromatic N) is 1. The Bertz CT molecular complexity index is 522. The molecule has 1 aliphatic rings.